The van der Waals surface area contributed by atoms with E-state index in [1.165, 1.54) is 0 Å². The minimum atomic E-state index is -0.990. The van der Waals surface area contributed by atoms with Crippen molar-refractivity contribution in [3.05, 3.63) is 66.0 Å². The van der Waals surface area contributed by atoms with Crippen molar-refractivity contribution in [2.24, 2.45) is 4.99 Å². The Morgan fingerprint density at radius 1 is 0.952 bits per heavy atom. The molecule has 3 rings (SSSR count). The zero-order chi connectivity index (χ0) is 15.1. The van der Waals surface area contributed by atoms with Gasteiger partial charge in [0.2, 0.25) is 0 Å². The molecule has 4 nitrogen and oxygen atoms in total. The molecule has 1 radical (unpaired) electrons. The summed E-state index contributed by atoms with van der Waals surface area (Å²) in [5.41, 5.74) is 0.747. The van der Waals surface area contributed by atoms with Gasteiger partial charge in [-0.15, -0.1) is 10.3 Å². The normalized spacial score (nSPS) is 24.9. The highest BCUT2D eigenvalue weighted by Crippen LogP contribution is 2.41. The topological polar surface area (TPSA) is 48.4 Å². The summed E-state index contributed by atoms with van der Waals surface area (Å²) in [6.07, 6.45) is 1.69. The average Bonchev–Trinajstić information content (AvgIpc) is 2.71. The van der Waals surface area contributed by atoms with Gasteiger partial charge in [0.15, 0.2) is 5.66 Å². The average molecular weight is 280 g/mol. The molecule has 1 aliphatic heterocycles. The van der Waals surface area contributed by atoms with Gasteiger partial charge in [0.25, 0.3) is 0 Å². The van der Waals surface area contributed by atoms with Gasteiger partial charge in [-0.05, 0) is 38.5 Å². The summed E-state index contributed by atoms with van der Waals surface area (Å²) in [7, 11) is 0. The molecule has 0 amide bonds. The van der Waals surface area contributed by atoms with Crippen molar-refractivity contribution in [2.75, 3.05) is 0 Å². The highest BCUT2D eigenvalue weighted by Gasteiger charge is 2.52. The van der Waals surface area contributed by atoms with E-state index >= 15 is 0 Å². The van der Waals surface area contributed by atoms with Gasteiger partial charge in [-0.1, -0.05) is 36.4 Å². The third-order valence-corrected chi connectivity index (χ3v) is 4.01. The van der Waals surface area contributed by atoms with Crippen LogP contribution in [0.2, 0.25) is 0 Å². The molecule has 1 atom stereocenters. The quantitative estimate of drug-likeness (QED) is 0.848. The van der Waals surface area contributed by atoms with E-state index in [9.17, 15) is 5.21 Å². The minimum absolute atomic E-state index is 0.666. The molecule has 0 fully saturated rings. The van der Waals surface area contributed by atoms with Gasteiger partial charge in [-0.2, -0.15) is 0 Å². The standard InChI is InChI=1S/C17H18N3O/c1-16(2)15(13-9-5-4-6-10-13)19-17(3,20(16)21)14-11-7-8-12-18-14/h4-12H,1-3H3. The number of rotatable bonds is 2. The first-order valence-electron chi connectivity index (χ1n) is 7.01. The first-order valence-corrected chi connectivity index (χ1v) is 7.01. The Bertz CT molecular complexity index is 667. The van der Waals surface area contributed by atoms with Crippen molar-refractivity contribution < 1.29 is 5.21 Å². The molecular weight excluding hydrogens is 262 g/mol. The van der Waals surface area contributed by atoms with Crippen molar-refractivity contribution in [1.82, 2.24) is 10.0 Å². The second-order valence-corrected chi connectivity index (χ2v) is 5.92. The summed E-state index contributed by atoms with van der Waals surface area (Å²) in [5.74, 6) is 0. The van der Waals surface area contributed by atoms with Crippen LogP contribution in [0.1, 0.15) is 32.0 Å². The second kappa shape index (κ2) is 4.76. The van der Waals surface area contributed by atoms with Gasteiger partial charge in [0.05, 0.1) is 16.9 Å². The van der Waals surface area contributed by atoms with E-state index in [0.29, 0.717) is 5.69 Å². The molecule has 107 valence electrons. The number of hydrogen-bond donors (Lipinski definition) is 0. The van der Waals surface area contributed by atoms with E-state index in [4.69, 9.17) is 4.99 Å². The Labute approximate surface area is 124 Å². The fourth-order valence-corrected chi connectivity index (χ4v) is 2.86. The van der Waals surface area contributed by atoms with E-state index in [0.717, 1.165) is 16.3 Å². The lowest BCUT2D eigenvalue weighted by Gasteiger charge is -2.33. The summed E-state index contributed by atoms with van der Waals surface area (Å²) in [4.78, 5) is 9.09. The largest absolute Gasteiger partial charge is 0.257 e. The number of nitrogens with zero attached hydrogens (tertiary/aromatic N) is 3. The van der Waals surface area contributed by atoms with Crippen molar-refractivity contribution in [3.63, 3.8) is 0 Å². The molecule has 0 spiro atoms. The predicted octanol–water partition coefficient (Wildman–Crippen LogP) is 3.18. The van der Waals surface area contributed by atoms with Crippen LogP contribution in [0.4, 0.5) is 0 Å². The third-order valence-electron chi connectivity index (χ3n) is 4.01. The molecule has 2 aromatic rings. The fraction of sp³-hybridized carbons (Fsp3) is 0.294. The third kappa shape index (κ3) is 2.07. The number of hydrogen-bond acceptors (Lipinski definition) is 3. The number of benzene rings is 1. The molecule has 1 aliphatic rings. The van der Waals surface area contributed by atoms with E-state index in [1.807, 2.05) is 69.3 Å². The van der Waals surface area contributed by atoms with Gasteiger partial charge in [0, 0.05) is 6.20 Å². The Morgan fingerprint density at radius 3 is 2.24 bits per heavy atom. The summed E-state index contributed by atoms with van der Waals surface area (Å²) < 4.78 is 0. The lowest BCUT2D eigenvalue weighted by Crippen LogP contribution is -2.49. The molecule has 0 N–H and O–H groups in total. The van der Waals surface area contributed by atoms with E-state index in [1.54, 1.807) is 6.20 Å². The van der Waals surface area contributed by atoms with Crippen LogP contribution < -0.4 is 0 Å². The molecular formula is C17H18N3O. The van der Waals surface area contributed by atoms with Crippen LogP contribution in [-0.2, 0) is 10.9 Å². The first kappa shape index (κ1) is 13.9. The van der Waals surface area contributed by atoms with Crippen LogP contribution in [0.25, 0.3) is 0 Å². The Kier molecular flexibility index (Phi) is 3.15. The van der Waals surface area contributed by atoms with Crippen LogP contribution in [-0.4, -0.2) is 21.3 Å². The summed E-state index contributed by atoms with van der Waals surface area (Å²) in [6, 6.07) is 15.4. The molecule has 21 heavy (non-hydrogen) atoms. The lowest BCUT2D eigenvalue weighted by molar-refractivity contribution is -0.250. The second-order valence-electron chi connectivity index (χ2n) is 5.92. The molecule has 0 saturated carbocycles. The Balaban J connectivity index is 2.15. The highest BCUT2D eigenvalue weighted by atomic mass is 16.5. The molecule has 2 heterocycles. The van der Waals surface area contributed by atoms with Crippen LogP contribution in [0.5, 0.6) is 0 Å². The summed E-state index contributed by atoms with van der Waals surface area (Å²) in [6.45, 7) is 5.63. The van der Waals surface area contributed by atoms with Crippen LogP contribution >= 0.6 is 0 Å². The van der Waals surface area contributed by atoms with Crippen molar-refractivity contribution in [3.8, 4) is 0 Å². The SMILES string of the molecule is CC1(C)C(c2ccccc2)=NC(C)(c2ccccn2)N1[O]. The Morgan fingerprint density at radius 2 is 1.62 bits per heavy atom. The van der Waals surface area contributed by atoms with Crippen molar-refractivity contribution in [1.29, 1.82) is 0 Å². The predicted molar refractivity (Wildman–Crippen MR) is 81.2 cm³/mol. The maximum atomic E-state index is 12.9. The van der Waals surface area contributed by atoms with Gasteiger partial charge in [0.1, 0.15) is 0 Å². The fourth-order valence-electron chi connectivity index (χ4n) is 2.86. The van der Waals surface area contributed by atoms with Crippen molar-refractivity contribution >= 4 is 5.71 Å². The maximum absolute atomic E-state index is 12.9. The Hall–Kier alpha value is -2.04. The highest BCUT2D eigenvalue weighted by molar-refractivity contribution is 6.08. The summed E-state index contributed by atoms with van der Waals surface area (Å²) >= 11 is 0. The van der Waals surface area contributed by atoms with Gasteiger partial charge < -0.3 is 0 Å². The molecule has 1 aromatic heterocycles. The van der Waals surface area contributed by atoms with Crippen LogP contribution in [0.15, 0.2) is 59.7 Å². The molecule has 1 aromatic carbocycles. The smallest absolute Gasteiger partial charge is 0.179 e. The minimum Gasteiger partial charge on any atom is -0.257 e. The van der Waals surface area contributed by atoms with Crippen LogP contribution in [0, 0.1) is 0 Å². The van der Waals surface area contributed by atoms with Crippen LogP contribution in [0.3, 0.4) is 0 Å². The van der Waals surface area contributed by atoms with Gasteiger partial charge >= 0.3 is 0 Å². The number of aliphatic imine (C=N–C) groups is 1. The van der Waals surface area contributed by atoms with E-state index < -0.39 is 11.2 Å². The monoisotopic (exact) mass is 280 g/mol. The molecule has 0 bridgehead atoms. The zero-order valence-electron chi connectivity index (χ0n) is 12.4. The van der Waals surface area contributed by atoms with Gasteiger partial charge in [-0.3, -0.25) is 9.98 Å². The zero-order valence-corrected chi connectivity index (χ0v) is 12.4. The molecule has 1 unspecified atom stereocenters. The van der Waals surface area contributed by atoms with E-state index in [-0.39, 0.29) is 0 Å². The summed E-state index contributed by atoms with van der Waals surface area (Å²) in [5, 5.41) is 13.9. The number of pyridine rings is 1. The molecule has 0 aliphatic carbocycles. The van der Waals surface area contributed by atoms with E-state index in [2.05, 4.69) is 4.98 Å². The number of hydroxylamine groups is 2. The van der Waals surface area contributed by atoms with Crippen molar-refractivity contribution in [2.45, 2.75) is 32.0 Å². The maximum Gasteiger partial charge on any atom is 0.179 e. The molecule has 4 heteroatoms. The molecule has 0 saturated heterocycles. The van der Waals surface area contributed by atoms with Gasteiger partial charge in [-0.25, -0.2) is 0 Å². The first-order chi connectivity index (χ1) is 9.96. The lowest BCUT2D eigenvalue weighted by atomic mass is 9.92. The number of aromatic nitrogens is 1.